The van der Waals surface area contributed by atoms with Gasteiger partial charge >= 0.3 is 0 Å². The molecule has 0 fully saturated rings. The maximum atomic E-state index is 12.8. The Hall–Kier alpha value is -2.12. The van der Waals surface area contributed by atoms with E-state index in [2.05, 4.69) is 22.3 Å². The predicted octanol–water partition coefficient (Wildman–Crippen LogP) is 3.07. The summed E-state index contributed by atoms with van der Waals surface area (Å²) in [5.41, 5.74) is 2.10. The number of hydrogen-bond donors (Lipinski definition) is 0. The molecular formula is C16H14N4OS2. The van der Waals surface area contributed by atoms with E-state index in [9.17, 15) is 4.79 Å². The zero-order valence-corrected chi connectivity index (χ0v) is 14.1. The van der Waals surface area contributed by atoms with Crippen LogP contribution in [0, 0.1) is 0 Å². The standard InChI is InChI=1S/C16H14N4OS2/c1-22-16-18-17-15-19(9-7-11-5-3-2-4-6-11)14(21)13-12(20(15)16)8-10-23-13/h2-6,8,10H,7,9H2,1H3. The summed E-state index contributed by atoms with van der Waals surface area (Å²) in [6, 6.07) is 12.1. The van der Waals surface area contributed by atoms with E-state index >= 15 is 0 Å². The van der Waals surface area contributed by atoms with Gasteiger partial charge in [-0.3, -0.25) is 13.8 Å². The number of aromatic nitrogens is 4. The lowest BCUT2D eigenvalue weighted by Crippen LogP contribution is -2.23. The third-order valence-corrected chi connectivity index (χ3v) is 5.35. The Balaban J connectivity index is 1.88. The van der Waals surface area contributed by atoms with E-state index < -0.39 is 0 Å². The van der Waals surface area contributed by atoms with Gasteiger partial charge in [0.15, 0.2) is 5.16 Å². The summed E-state index contributed by atoms with van der Waals surface area (Å²) in [6.45, 7) is 0.590. The van der Waals surface area contributed by atoms with E-state index in [0.29, 0.717) is 12.3 Å². The van der Waals surface area contributed by atoms with Crippen LogP contribution in [0.3, 0.4) is 0 Å². The molecule has 1 aromatic carbocycles. The molecule has 0 aliphatic heterocycles. The SMILES string of the molecule is CSc1nnc2n(CCc3ccccc3)c(=O)c3sccc3n12. The van der Waals surface area contributed by atoms with Crippen LogP contribution in [0.25, 0.3) is 16.0 Å². The molecule has 4 aromatic rings. The number of thioether (sulfide) groups is 1. The molecule has 0 spiro atoms. The predicted molar refractivity (Wildman–Crippen MR) is 94.6 cm³/mol. The third-order valence-electron chi connectivity index (χ3n) is 3.83. The Labute approximate surface area is 140 Å². The van der Waals surface area contributed by atoms with E-state index in [1.54, 1.807) is 4.57 Å². The first-order valence-electron chi connectivity index (χ1n) is 7.22. The molecule has 116 valence electrons. The Morgan fingerprint density at radius 2 is 2.00 bits per heavy atom. The van der Waals surface area contributed by atoms with Crippen molar-refractivity contribution in [1.82, 2.24) is 19.2 Å². The van der Waals surface area contributed by atoms with Crippen molar-refractivity contribution >= 4 is 39.1 Å². The molecule has 0 saturated heterocycles. The van der Waals surface area contributed by atoms with Gasteiger partial charge in [0.1, 0.15) is 4.70 Å². The molecule has 0 radical (unpaired) electrons. The van der Waals surface area contributed by atoms with Gasteiger partial charge in [0.25, 0.3) is 5.56 Å². The van der Waals surface area contributed by atoms with E-state index in [0.717, 1.165) is 21.8 Å². The van der Waals surface area contributed by atoms with Crippen LogP contribution >= 0.6 is 23.1 Å². The molecular weight excluding hydrogens is 328 g/mol. The van der Waals surface area contributed by atoms with Crippen LogP contribution in [0.1, 0.15) is 5.56 Å². The van der Waals surface area contributed by atoms with Gasteiger partial charge in [-0.05, 0) is 29.7 Å². The highest BCUT2D eigenvalue weighted by atomic mass is 32.2. The maximum absolute atomic E-state index is 12.8. The van der Waals surface area contributed by atoms with Crippen LogP contribution in [0.4, 0.5) is 0 Å². The maximum Gasteiger partial charge on any atom is 0.272 e. The van der Waals surface area contributed by atoms with Crippen LogP contribution in [0.2, 0.25) is 0 Å². The molecule has 0 aliphatic carbocycles. The van der Waals surface area contributed by atoms with Gasteiger partial charge in [-0.15, -0.1) is 21.5 Å². The van der Waals surface area contributed by atoms with E-state index in [4.69, 9.17) is 0 Å². The third kappa shape index (κ3) is 2.36. The van der Waals surface area contributed by atoms with Crippen molar-refractivity contribution in [3.05, 3.63) is 57.7 Å². The minimum absolute atomic E-state index is 0.0125. The average molecular weight is 342 g/mol. The summed E-state index contributed by atoms with van der Waals surface area (Å²) in [5, 5.41) is 11.2. The number of hydrogen-bond acceptors (Lipinski definition) is 5. The molecule has 0 amide bonds. The van der Waals surface area contributed by atoms with Gasteiger partial charge in [-0.25, -0.2) is 0 Å². The quantitative estimate of drug-likeness (QED) is 0.535. The molecule has 0 saturated carbocycles. The number of fused-ring (bicyclic) bond motifs is 3. The van der Waals surface area contributed by atoms with Crippen molar-refractivity contribution in [2.45, 2.75) is 18.1 Å². The highest BCUT2D eigenvalue weighted by Gasteiger charge is 2.16. The highest BCUT2D eigenvalue weighted by Crippen LogP contribution is 2.23. The van der Waals surface area contributed by atoms with Crippen LogP contribution in [-0.2, 0) is 13.0 Å². The van der Waals surface area contributed by atoms with Crippen LogP contribution in [0.5, 0.6) is 0 Å². The number of thiophene rings is 1. The first kappa shape index (κ1) is 14.5. The molecule has 0 N–H and O–H groups in total. The first-order valence-corrected chi connectivity index (χ1v) is 9.33. The van der Waals surface area contributed by atoms with Crippen molar-refractivity contribution in [2.24, 2.45) is 0 Å². The Morgan fingerprint density at radius 1 is 1.17 bits per heavy atom. The molecule has 3 heterocycles. The van der Waals surface area contributed by atoms with Gasteiger partial charge in [0.05, 0.1) is 5.52 Å². The molecule has 7 heteroatoms. The highest BCUT2D eigenvalue weighted by molar-refractivity contribution is 7.98. The summed E-state index contributed by atoms with van der Waals surface area (Å²) < 4.78 is 4.46. The van der Waals surface area contributed by atoms with Crippen LogP contribution in [0.15, 0.2) is 51.7 Å². The summed E-state index contributed by atoms with van der Waals surface area (Å²) in [6.07, 6.45) is 2.75. The fourth-order valence-corrected chi connectivity index (χ4v) is 4.03. The zero-order chi connectivity index (χ0) is 15.8. The van der Waals surface area contributed by atoms with Crippen molar-refractivity contribution in [3.63, 3.8) is 0 Å². The van der Waals surface area contributed by atoms with Gasteiger partial charge in [-0.2, -0.15) is 0 Å². The number of rotatable bonds is 4. The lowest BCUT2D eigenvalue weighted by atomic mass is 10.1. The van der Waals surface area contributed by atoms with Crippen molar-refractivity contribution in [2.75, 3.05) is 6.26 Å². The molecule has 23 heavy (non-hydrogen) atoms. The topological polar surface area (TPSA) is 52.2 Å². The van der Waals surface area contributed by atoms with Crippen LogP contribution in [-0.4, -0.2) is 25.4 Å². The number of benzene rings is 1. The van der Waals surface area contributed by atoms with E-state index in [1.165, 1.54) is 28.7 Å². The zero-order valence-electron chi connectivity index (χ0n) is 12.5. The lowest BCUT2D eigenvalue weighted by Gasteiger charge is -2.09. The Bertz CT molecular complexity index is 1030. The Kier molecular flexibility index (Phi) is 3.66. The second-order valence-electron chi connectivity index (χ2n) is 5.15. The van der Waals surface area contributed by atoms with Crippen LogP contribution < -0.4 is 5.56 Å². The molecule has 0 unspecified atom stereocenters. The second-order valence-corrected chi connectivity index (χ2v) is 6.84. The molecule has 0 bridgehead atoms. The van der Waals surface area contributed by atoms with Gasteiger partial charge in [0.2, 0.25) is 5.78 Å². The fourth-order valence-electron chi connectivity index (χ4n) is 2.72. The second kappa shape index (κ2) is 5.82. The molecule has 0 aliphatic rings. The van der Waals surface area contributed by atoms with Gasteiger partial charge in [-0.1, -0.05) is 42.1 Å². The first-order chi connectivity index (χ1) is 11.3. The number of aryl methyl sites for hydroxylation is 2. The summed E-state index contributed by atoms with van der Waals surface area (Å²) in [5.74, 6) is 0.612. The van der Waals surface area contributed by atoms with E-state index in [-0.39, 0.29) is 5.56 Å². The fraction of sp³-hybridized carbons (Fsp3) is 0.188. The lowest BCUT2D eigenvalue weighted by molar-refractivity contribution is 0.678. The van der Waals surface area contributed by atoms with Crippen molar-refractivity contribution < 1.29 is 0 Å². The Morgan fingerprint density at radius 3 is 2.78 bits per heavy atom. The summed E-state index contributed by atoms with van der Waals surface area (Å²) in [4.78, 5) is 12.8. The van der Waals surface area contributed by atoms with Gasteiger partial charge in [0, 0.05) is 6.54 Å². The summed E-state index contributed by atoms with van der Waals surface area (Å²) in [7, 11) is 0. The normalized spacial score (nSPS) is 11.5. The minimum Gasteiger partial charge on any atom is -0.275 e. The average Bonchev–Trinajstić information content (AvgIpc) is 3.22. The summed E-state index contributed by atoms with van der Waals surface area (Å²) >= 11 is 3.00. The number of nitrogens with zero attached hydrogens (tertiary/aromatic N) is 4. The molecule has 3 aromatic heterocycles. The largest absolute Gasteiger partial charge is 0.275 e. The van der Waals surface area contributed by atoms with Crippen molar-refractivity contribution in [3.8, 4) is 0 Å². The molecule has 0 atom stereocenters. The monoisotopic (exact) mass is 342 g/mol. The smallest absolute Gasteiger partial charge is 0.272 e. The minimum atomic E-state index is 0.0125. The molecule has 4 rings (SSSR count). The molecule has 5 nitrogen and oxygen atoms in total. The van der Waals surface area contributed by atoms with Gasteiger partial charge < -0.3 is 0 Å². The van der Waals surface area contributed by atoms with Crippen molar-refractivity contribution in [1.29, 1.82) is 0 Å². The van der Waals surface area contributed by atoms with E-state index in [1.807, 2.05) is 40.3 Å².